The van der Waals surface area contributed by atoms with Crippen LogP contribution in [0.5, 0.6) is 5.75 Å². The summed E-state index contributed by atoms with van der Waals surface area (Å²) in [7, 11) is 0. The molecule has 0 radical (unpaired) electrons. The van der Waals surface area contributed by atoms with Crippen molar-refractivity contribution in [1.29, 1.82) is 0 Å². The lowest BCUT2D eigenvalue weighted by Crippen LogP contribution is -2.33. The molecule has 5 rings (SSSR count). The second kappa shape index (κ2) is 5.52. The number of aryl methyl sites for hydroxylation is 1. The largest absolute Gasteiger partial charge is 0.463 e. The van der Waals surface area contributed by atoms with Crippen LogP contribution in [0, 0.1) is 6.92 Å². The molecule has 124 valence electrons. The highest BCUT2D eigenvalue weighted by atomic mass is 16.5. The summed E-state index contributed by atoms with van der Waals surface area (Å²) in [6.45, 7) is 2.10. The molecule has 1 aromatic heterocycles. The van der Waals surface area contributed by atoms with Gasteiger partial charge in [-0.15, -0.1) is 0 Å². The molecule has 3 heterocycles. The summed E-state index contributed by atoms with van der Waals surface area (Å²) in [5.74, 6) is 1.68. The molecule has 0 fully saturated rings. The highest BCUT2D eigenvalue weighted by molar-refractivity contribution is 6.02. The van der Waals surface area contributed by atoms with Crippen molar-refractivity contribution in [2.75, 3.05) is 0 Å². The van der Waals surface area contributed by atoms with Gasteiger partial charge in [-0.1, -0.05) is 48.0 Å². The van der Waals surface area contributed by atoms with Crippen molar-refractivity contribution in [2.24, 2.45) is 5.10 Å². The molecule has 4 nitrogen and oxygen atoms in total. The topological polar surface area (TPSA) is 38.0 Å². The van der Waals surface area contributed by atoms with Crippen LogP contribution in [0.25, 0.3) is 0 Å². The van der Waals surface area contributed by atoms with Gasteiger partial charge in [0.05, 0.1) is 18.0 Å². The van der Waals surface area contributed by atoms with E-state index in [0.29, 0.717) is 0 Å². The summed E-state index contributed by atoms with van der Waals surface area (Å²) in [5, 5.41) is 6.95. The standard InChI is InChI=1S/C21H18N2O2/c1-14-8-10-15(11-9-14)17-13-18-16-5-2-3-6-19(16)25-21(23(18)22-17)20-7-4-12-24-20/h2-12,18,21H,13H2,1H3/t18-,21-/m1/s1. The van der Waals surface area contributed by atoms with Gasteiger partial charge in [-0.3, -0.25) is 0 Å². The predicted molar refractivity (Wildman–Crippen MR) is 95.4 cm³/mol. The van der Waals surface area contributed by atoms with Gasteiger partial charge < -0.3 is 9.15 Å². The fourth-order valence-electron chi connectivity index (χ4n) is 3.57. The maximum Gasteiger partial charge on any atom is 0.246 e. The second-order valence-corrected chi connectivity index (χ2v) is 6.54. The molecule has 2 aliphatic heterocycles. The molecule has 3 aromatic rings. The molecule has 0 saturated carbocycles. The molecule has 2 aliphatic rings. The summed E-state index contributed by atoms with van der Waals surface area (Å²) in [5.41, 5.74) is 4.68. The predicted octanol–water partition coefficient (Wildman–Crippen LogP) is 4.83. The Labute approximate surface area is 146 Å². The quantitative estimate of drug-likeness (QED) is 0.675. The smallest absolute Gasteiger partial charge is 0.246 e. The van der Waals surface area contributed by atoms with E-state index in [9.17, 15) is 0 Å². The number of hydrazone groups is 1. The van der Waals surface area contributed by atoms with Crippen LogP contribution in [0.4, 0.5) is 0 Å². The molecule has 2 aromatic carbocycles. The summed E-state index contributed by atoms with van der Waals surface area (Å²) < 4.78 is 11.8. The molecule has 0 bridgehead atoms. The van der Waals surface area contributed by atoms with Crippen LogP contribution < -0.4 is 4.74 Å². The van der Waals surface area contributed by atoms with E-state index >= 15 is 0 Å². The van der Waals surface area contributed by atoms with Crippen LogP contribution >= 0.6 is 0 Å². The molecule has 0 unspecified atom stereocenters. The number of furan rings is 1. The number of para-hydroxylation sites is 1. The number of ether oxygens (including phenoxy) is 1. The van der Waals surface area contributed by atoms with E-state index in [1.54, 1.807) is 6.26 Å². The first-order valence-electron chi connectivity index (χ1n) is 8.51. The zero-order chi connectivity index (χ0) is 16.8. The Morgan fingerprint density at radius 1 is 1.00 bits per heavy atom. The fraction of sp³-hybridized carbons (Fsp3) is 0.190. The first-order valence-corrected chi connectivity index (χ1v) is 8.51. The van der Waals surface area contributed by atoms with E-state index in [2.05, 4.69) is 43.3 Å². The van der Waals surface area contributed by atoms with Crippen molar-refractivity contribution < 1.29 is 9.15 Å². The Bertz CT molecular complexity index is 929. The first-order chi connectivity index (χ1) is 12.3. The third-order valence-corrected chi connectivity index (χ3v) is 4.87. The molecule has 0 N–H and O–H groups in total. The zero-order valence-electron chi connectivity index (χ0n) is 13.9. The van der Waals surface area contributed by atoms with E-state index in [0.717, 1.165) is 29.2 Å². The van der Waals surface area contributed by atoms with Crippen LogP contribution in [0.2, 0.25) is 0 Å². The lowest BCUT2D eigenvalue weighted by atomic mass is 9.96. The van der Waals surface area contributed by atoms with Gasteiger partial charge in [-0.2, -0.15) is 5.10 Å². The molecule has 2 atom stereocenters. The van der Waals surface area contributed by atoms with Crippen molar-refractivity contribution in [3.05, 3.63) is 89.4 Å². The van der Waals surface area contributed by atoms with Gasteiger partial charge in [0.2, 0.25) is 6.23 Å². The lowest BCUT2D eigenvalue weighted by Gasteiger charge is -2.36. The second-order valence-electron chi connectivity index (χ2n) is 6.54. The maximum atomic E-state index is 6.22. The molecular weight excluding hydrogens is 312 g/mol. The monoisotopic (exact) mass is 330 g/mol. The third-order valence-electron chi connectivity index (χ3n) is 4.87. The van der Waals surface area contributed by atoms with Crippen molar-refractivity contribution in [1.82, 2.24) is 5.01 Å². The van der Waals surface area contributed by atoms with Gasteiger partial charge in [-0.05, 0) is 30.7 Å². The molecule has 0 saturated heterocycles. The molecule has 0 spiro atoms. The number of hydrogen-bond donors (Lipinski definition) is 0. The number of nitrogens with zero attached hydrogens (tertiary/aromatic N) is 2. The van der Waals surface area contributed by atoms with Gasteiger partial charge in [-0.25, -0.2) is 5.01 Å². The van der Waals surface area contributed by atoms with Gasteiger partial charge in [0.25, 0.3) is 0 Å². The van der Waals surface area contributed by atoms with Crippen LogP contribution in [0.15, 0.2) is 76.4 Å². The van der Waals surface area contributed by atoms with Crippen molar-refractivity contribution in [2.45, 2.75) is 25.6 Å². The summed E-state index contributed by atoms with van der Waals surface area (Å²) in [4.78, 5) is 0. The minimum absolute atomic E-state index is 0.163. The van der Waals surface area contributed by atoms with E-state index < -0.39 is 0 Å². The highest BCUT2D eigenvalue weighted by Gasteiger charge is 2.41. The number of fused-ring (bicyclic) bond motifs is 3. The summed E-state index contributed by atoms with van der Waals surface area (Å²) in [6.07, 6.45) is 2.20. The van der Waals surface area contributed by atoms with Gasteiger partial charge in [0.1, 0.15) is 5.75 Å². The minimum Gasteiger partial charge on any atom is -0.463 e. The van der Waals surface area contributed by atoms with Crippen LogP contribution in [0.1, 0.15) is 41.1 Å². The van der Waals surface area contributed by atoms with Crippen LogP contribution in [0.3, 0.4) is 0 Å². The molecule has 0 amide bonds. The van der Waals surface area contributed by atoms with Gasteiger partial charge in [0, 0.05) is 12.0 Å². The lowest BCUT2D eigenvalue weighted by molar-refractivity contribution is -0.0325. The van der Waals surface area contributed by atoms with Crippen molar-refractivity contribution >= 4 is 5.71 Å². The van der Waals surface area contributed by atoms with Crippen molar-refractivity contribution in [3.63, 3.8) is 0 Å². The molecule has 4 heteroatoms. The normalized spacial score (nSPS) is 21.3. The van der Waals surface area contributed by atoms with Crippen LogP contribution in [-0.2, 0) is 0 Å². The highest BCUT2D eigenvalue weighted by Crippen LogP contribution is 2.47. The molecular formula is C21H18N2O2. The number of hydrogen-bond acceptors (Lipinski definition) is 4. The van der Waals surface area contributed by atoms with E-state index in [4.69, 9.17) is 14.3 Å². The fourth-order valence-corrected chi connectivity index (χ4v) is 3.57. The summed E-state index contributed by atoms with van der Waals surface area (Å²) in [6, 6.07) is 20.7. The average Bonchev–Trinajstić information content (AvgIpc) is 3.32. The van der Waals surface area contributed by atoms with E-state index in [1.807, 2.05) is 29.3 Å². The minimum atomic E-state index is -0.335. The van der Waals surface area contributed by atoms with E-state index in [1.165, 1.54) is 11.1 Å². The average molecular weight is 330 g/mol. The number of benzene rings is 2. The zero-order valence-corrected chi connectivity index (χ0v) is 13.9. The Morgan fingerprint density at radius 3 is 2.64 bits per heavy atom. The Hall–Kier alpha value is -3.01. The molecule has 25 heavy (non-hydrogen) atoms. The van der Waals surface area contributed by atoms with Crippen molar-refractivity contribution in [3.8, 4) is 5.75 Å². The third kappa shape index (κ3) is 2.33. The first kappa shape index (κ1) is 14.3. The molecule has 0 aliphatic carbocycles. The SMILES string of the molecule is Cc1ccc(C2=NN3[C@H](C2)c2ccccc2O[C@@H]3c2ccco2)cc1. The van der Waals surface area contributed by atoms with Crippen LogP contribution in [-0.4, -0.2) is 10.7 Å². The Kier molecular flexibility index (Phi) is 3.17. The van der Waals surface area contributed by atoms with Gasteiger partial charge >= 0.3 is 0 Å². The maximum absolute atomic E-state index is 6.22. The van der Waals surface area contributed by atoms with E-state index in [-0.39, 0.29) is 12.3 Å². The Balaban J connectivity index is 1.59. The van der Waals surface area contributed by atoms with Gasteiger partial charge in [0.15, 0.2) is 5.76 Å². The number of rotatable bonds is 2. The Morgan fingerprint density at radius 2 is 1.84 bits per heavy atom. The summed E-state index contributed by atoms with van der Waals surface area (Å²) >= 11 is 0.